The molecule has 0 unspecified atom stereocenters. The Morgan fingerprint density at radius 2 is 2.17 bits per heavy atom. The van der Waals surface area contributed by atoms with Crippen LogP contribution in [0.4, 0.5) is 5.82 Å². The number of rotatable bonds is 3. The molecule has 1 aromatic heterocycles. The highest BCUT2D eigenvalue weighted by Gasteiger charge is 2.31. The van der Waals surface area contributed by atoms with E-state index in [1.54, 1.807) is 0 Å². The van der Waals surface area contributed by atoms with Gasteiger partial charge in [0.05, 0.1) is 5.56 Å². The van der Waals surface area contributed by atoms with Gasteiger partial charge in [-0.15, -0.1) is 0 Å². The Morgan fingerprint density at radius 3 is 2.83 bits per heavy atom. The Bertz CT molecular complexity index is 497. The van der Waals surface area contributed by atoms with Gasteiger partial charge in [-0.25, -0.2) is 4.98 Å². The third kappa shape index (κ3) is 1.96. The van der Waals surface area contributed by atoms with Crippen LogP contribution >= 0.6 is 0 Å². The third-order valence-corrected chi connectivity index (χ3v) is 4.00. The molecule has 0 aliphatic heterocycles. The fourth-order valence-corrected chi connectivity index (χ4v) is 2.89. The summed E-state index contributed by atoms with van der Waals surface area (Å²) >= 11 is 0. The Labute approximate surface area is 108 Å². The van der Waals surface area contributed by atoms with Crippen molar-refractivity contribution in [2.45, 2.75) is 51.5 Å². The molecule has 0 amide bonds. The van der Waals surface area contributed by atoms with Crippen LogP contribution in [0, 0.1) is 11.3 Å². The maximum absolute atomic E-state index is 9.35. The van der Waals surface area contributed by atoms with Crippen LogP contribution in [0.15, 0.2) is 6.07 Å². The smallest absolute Gasteiger partial charge is 0.147 e. The lowest BCUT2D eigenvalue weighted by molar-refractivity contribution is 0.663. The maximum atomic E-state index is 9.35. The number of aromatic nitrogens is 1. The molecule has 0 atom stereocenters. The summed E-state index contributed by atoms with van der Waals surface area (Å²) in [6.45, 7) is 3.10. The molecule has 1 fully saturated rings. The largest absolute Gasteiger partial charge is 0.353 e. The lowest BCUT2D eigenvalue weighted by Gasteiger charge is -2.25. The first-order chi connectivity index (χ1) is 8.83. The minimum atomic E-state index is 0.622. The highest BCUT2D eigenvalue weighted by Crippen LogP contribution is 2.34. The minimum Gasteiger partial charge on any atom is -0.353 e. The molecular weight excluding hydrogens is 222 g/mol. The topological polar surface area (TPSA) is 39.9 Å². The Kier molecular flexibility index (Phi) is 2.95. The van der Waals surface area contributed by atoms with Crippen LogP contribution in [0.25, 0.3) is 0 Å². The maximum Gasteiger partial charge on any atom is 0.147 e. The molecule has 1 aromatic rings. The van der Waals surface area contributed by atoms with Crippen LogP contribution in [0.2, 0.25) is 0 Å². The van der Waals surface area contributed by atoms with Crippen LogP contribution in [0.3, 0.4) is 0 Å². The second-order valence-electron chi connectivity index (χ2n) is 5.30. The lowest BCUT2D eigenvalue weighted by atomic mass is 9.95. The van der Waals surface area contributed by atoms with Gasteiger partial charge in [0.25, 0.3) is 0 Å². The first-order valence-corrected chi connectivity index (χ1v) is 7.03. The summed E-state index contributed by atoms with van der Waals surface area (Å²) in [5, 5.41) is 9.35. The minimum absolute atomic E-state index is 0.622. The molecular formula is C15H19N3. The van der Waals surface area contributed by atoms with Gasteiger partial charge >= 0.3 is 0 Å². The van der Waals surface area contributed by atoms with Crippen molar-refractivity contribution in [3.63, 3.8) is 0 Å². The van der Waals surface area contributed by atoms with Gasteiger partial charge in [0.2, 0.25) is 0 Å². The standard InChI is InChI=1S/C15H19N3/c1-2-18(13-7-8-13)15-12(10-16)9-11-5-3-4-6-14(11)17-15/h9,13H,2-8H2,1H3. The van der Waals surface area contributed by atoms with Crippen LogP contribution in [0.1, 0.15) is 49.4 Å². The Hall–Kier alpha value is -1.56. The zero-order valence-corrected chi connectivity index (χ0v) is 10.9. The van der Waals surface area contributed by atoms with E-state index in [9.17, 15) is 5.26 Å². The molecule has 1 heterocycles. The predicted octanol–water partition coefficient (Wildman–Crippen LogP) is 2.82. The number of nitrogens with zero attached hydrogens (tertiary/aromatic N) is 3. The first kappa shape index (κ1) is 11.5. The molecule has 1 saturated carbocycles. The molecule has 0 spiro atoms. The summed E-state index contributed by atoms with van der Waals surface area (Å²) in [4.78, 5) is 7.13. The summed E-state index contributed by atoms with van der Waals surface area (Å²) in [5.41, 5.74) is 3.30. The van der Waals surface area contributed by atoms with Crippen molar-refractivity contribution < 1.29 is 0 Å². The van der Waals surface area contributed by atoms with Crippen molar-refractivity contribution in [1.82, 2.24) is 4.98 Å². The van der Waals surface area contributed by atoms with Gasteiger partial charge in [-0.3, -0.25) is 0 Å². The molecule has 3 rings (SSSR count). The fraction of sp³-hybridized carbons (Fsp3) is 0.600. The number of anilines is 1. The van der Waals surface area contributed by atoms with Gasteiger partial charge in [0, 0.05) is 18.3 Å². The van der Waals surface area contributed by atoms with Gasteiger partial charge in [-0.05, 0) is 57.1 Å². The molecule has 2 aliphatic rings. The van der Waals surface area contributed by atoms with E-state index in [-0.39, 0.29) is 0 Å². The second kappa shape index (κ2) is 4.61. The summed E-state index contributed by atoms with van der Waals surface area (Å²) in [6.07, 6.45) is 7.14. The molecule has 94 valence electrons. The van der Waals surface area contributed by atoms with Crippen molar-refractivity contribution in [3.8, 4) is 6.07 Å². The normalized spacial score (nSPS) is 18.0. The number of aryl methyl sites for hydroxylation is 2. The van der Waals surface area contributed by atoms with E-state index in [1.165, 1.54) is 36.9 Å². The van der Waals surface area contributed by atoms with Crippen molar-refractivity contribution in [1.29, 1.82) is 5.26 Å². The van der Waals surface area contributed by atoms with Crippen LogP contribution in [-0.2, 0) is 12.8 Å². The number of hydrogen-bond acceptors (Lipinski definition) is 3. The van der Waals surface area contributed by atoms with Crippen LogP contribution in [-0.4, -0.2) is 17.6 Å². The van der Waals surface area contributed by atoms with E-state index >= 15 is 0 Å². The quantitative estimate of drug-likeness (QED) is 0.817. The second-order valence-corrected chi connectivity index (χ2v) is 5.30. The summed E-state index contributed by atoms with van der Waals surface area (Å²) in [5.74, 6) is 0.933. The molecule has 0 radical (unpaired) electrons. The summed E-state index contributed by atoms with van der Waals surface area (Å²) in [6, 6.07) is 5.05. The van der Waals surface area contributed by atoms with Gasteiger partial charge in [-0.2, -0.15) is 5.26 Å². The van der Waals surface area contributed by atoms with Gasteiger partial charge in [0.15, 0.2) is 0 Å². The highest BCUT2D eigenvalue weighted by molar-refractivity contribution is 5.57. The molecule has 3 heteroatoms. The molecule has 3 nitrogen and oxygen atoms in total. The van der Waals surface area contributed by atoms with E-state index in [4.69, 9.17) is 4.98 Å². The highest BCUT2D eigenvalue weighted by atomic mass is 15.2. The predicted molar refractivity (Wildman–Crippen MR) is 71.6 cm³/mol. The van der Waals surface area contributed by atoms with Gasteiger partial charge in [0.1, 0.15) is 11.9 Å². The number of hydrogen-bond donors (Lipinski definition) is 0. The molecule has 0 bridgehead atoms. The SMILES string of the molecule is CCN(c1nc2c(cc1C#N)CCCC2)C1CC1. The Balaban J connectivity index is 2.04. The van der Waals surface area contributed by atoms with Crippen LogP contribution < -0.4 is 4.90 Å². The third-order valence-electron chi connectivity index (χ3n) is 4.00. The van der Waals surface area contributed by atoms with Crippen LogP contribution in [0.5, 0.6) is 0 Å². The molecule has 0 N–H and O–H groups in total. The van der Waals surface area contributed by atoms with Crippen molar-refractivity contribution in [3.05, 3.63) is 22.9 Å². The van der Waals surface area contributed by atoms with Gasteiger partial charge < -0.3 is 4.90 Å². The molecule has 2 aliphatic carbocycles. The number of pyridine rings is 1. The first-order valence-electron chi connectivity index (χ1n) is 7.03. The number of nitriles is 1. The van der Waals surface area contributed by atoms with E-state index in [2.05, 4.69) is 24.0 Å². The van der Waals surface area contributed by atoms with E-state index in [1.807, 2.05) is 0 Å². The van der Waals surface area contributed by atoms with Crippen molar-refractivity contribution in [2.75, 3.05) is 11.4 Å². The van der Waals surface area contributed by atoms with Crippen molar-refractivity contribution in [2.24, 2.45) is 0 Å². The molecule has 0 aromatic carbocycles. The van der Waals surface area contributed by atoms with Gasteiger partial charge in [-0.1, -0.05) is 0 Å². The zero-order valence-electron chi connectivity index (χ0n) is 10.9. The summed E-state index contributed by atoms with van der Waals surface area (Å²) in [7, 11) is 0. The van der Waals surface area contributed by atoms with Crippen molar-refractivity contribution >= 4 is 5.82 Å². The average Bonchev–Trinajstić information content (AvgIpc) is 3.23. The van der Waals surface area contributed by atoms with E-state index in [0.29, 0.717) is 6.04 Å². The average molecular weight is 241 g/mol. The monoisotopic (exact) mass is 241 g/mol. The summed E-state index contributed by atoms with van der Waals surface area (Å²) < 4.78 is 0. The van der Waals surface area contributed by atoms with E-state index < -0.39 is 0 Å². The molecule has 0 saturated heterocycles. The lowest BCUT2D eigenvalue weighted by Crippen LogP contribution is -2.28. The number of fused-ring (bicyclic) bond motifs is 1. The fourth-order valence-electron chi connectivity index (χ4n) is 2.89. The van der Waals surface area contributed by atoms with E-state index in [0.717, 1.165) is 30.8 Å². The Morgan fingerprint density at radius 1 is 1.39 bits per heavy atom. The molecule has 18 heavy (non-hydrogen) atoms. The zero-order chi connectivity index (χ0) is 12.5.